The Morgan fingerprint density at radius 3 is 2.30 bits per heavy atom. The lowest BCUT2D eigenvalue weighted by atomic mass is 9.99. The average molecular weight is 599 g/mol. The van der Waals surface area contributed by atoms with Crippen molar-refractivity contribution in [2.24, 2.45) is 10.1 Å². The predicted octanol–water partition coefficient (Wildman–Crippen LogP) is 6.54. The number of carbonyl (C=O) groups is 1. The van der Waals surface area contributed by atoms with Crippen LogP contribution in [0.2, 0.25) is 0 Å². The summed E-state index contributed by atoms with van der Waals surface area (Å²) in [5.74, 6) is 1.99. The maximum atomic E-state index is 13.0. The number of methoxy groups -OCH3 is 2. The maximum absolute atomic E-state index is 13.0. The van der Waals surface area contributed by atoms with Crippen LogP contribution in [0.15, 0.2) is 82.4 Å². The van der Waals surface area contributed by atoms with Crippen LogP contribution in [-0.4, -0.2) is 54.4 Å². The molecule has 0 aromatic heterocycles. The molecule has 5 rings (SSSR count). The second kappa shape index (κ2) is 13.6. The molecule has 0 fully saturated rings. The quantitative estimate of drug-likeness (QED) is 0.186. The highest BCUT2D eigenvalue weighted by molar-refractivity contribution is 8.26. The van der Waals surface area contributed by atoms with Gasteiger partial charge in [-0.15, -0.1) is 0 Å². The first-order valence-electron chi connectivity index (χ1n) is 14.0. The fourth-order valence-electron chi connectivity index (χ4n) is 4.60. The van der Waals surface area contributed by atoms with E-state index < -0.39 is 5.91 Å². The minimum atomic E-state index is -0.507. The van der Waals surface area contributed by atoms with Crippen molar-refractivity contribution in [2.45, 2.75) is 32.6 Å². The van der Waals surface area contributed by atoms with E-state index in [-0.39, 0.29) is 18.0 Å². The van der Waals surface area contributed by atoms with Gasteiger partial charge in [0.25, 0.3) is 5.91 Å². The Balaban J connectivity index is 1.28. The number of aliphatic imine (C=N–C) groups is 1. The zero-order valence-corrected chi connectivity index (χ0v) is 25.4. The van der Waals surface area contributed by atoms with Crippen LogP contribution in [0.25, 0.3) is 6.08 Å². The van der Waals surface area contributed by atoms with Gasteiger partial charge in [-0.3, -0.25) is 10.2 Å². The molecular formula is C33H34N4O5S. The number of carbonyl (C=O) groups excluding carboxylic acids is 1. The molecule has 10 heteroatoms. The van der Waals surface area contributed by atoms with Gasteiger partial charge in [-0.05, 0) is 71.1 Å². The van der Waals surface area contributed by atoms with E-state index >= 15 is 0 Å². The minimum absolute atomic E-state index is 0.0434. The Labute approximate surface area is 255 Å². The molecule has 2 aliphatic heterocycles. The van der Waals surface area contributed by atoms with Gasteiger partial charge < -0.3 is 18.9 Å². The molecule has 3 aromatic carbocycles. The van der Waals surface area contributed by atoms with Crippen molar-refractivity contribution < 1.29 is 23.7 Å². The molecule has 0 bridgehead atoms. The first kappa shape index (κ1) is 29.9. The Hall–Kier alpha value is -4.57. The molecule has 1 atom stereocenters. The summed E-state index contributed by atoms with van der Waals surface area (Å²) in [5, 5.41) is 15.8. The van der Waals surface area contributed by atoms with Crippen molar-refractivity contribution in [1.29, 1.82) is 5.41 Å². The standard InChI is InChI=1S/C33H34N4O5S/c1-5-21(2)24-11-13-25(14-12-24)41-15-16-42-30-27(39-3)18-23(19-28(30)40-4)17-26-31(34)37-33(35-32(26)38)43-29(36-37)20-22-9-7-6-8-10-22/h6-14,17-19,21,34H,5,15-16,20H2,1-4H3/b26-17+,34-31?/t21-/m0/s1. The zero-order chi connectivity index (χ0) is 30.3. The molecule has 1 N–H and O–H groups in total. The number of fused-ring (bicyclic) bond motifs is 1. The van der Waals surface area contributed by atoms with E-state index in [1.165, 1.54) is 36.6 Å². The molecule has 9 nitrogen and oxygen atoms in total. The van der Waals surface area contributed by atoms with Crippen LogP contribution in [0.4, 0.5) is 0 Å². The predicted molar refractivity (Wildman–Crippen MR) is 171 cm³/mol. The Kier molecular flexibility index (Phi) is 9.46. The van der Waals surface area contributed by atoms with E-state index in [1.807, 2.05) is 42.5 Å². The molecule has 1 amide bonds. The fraction of sp³-hybridized carbons (Fsp3) is 0.273. The number of thioether (sulfide) groups is 1. The summed E-state index contributed by atoms with van der Waals surface area (Å²) >= 11 is 1.30. The lowest BCUT2D eigenvalue weighted by Crippen LogP contribution is -2.35. The number of nitrogens with one attached hydrogen (secondary N) is 1. The van der Waals surface area contributed by atoms with Crippen LogP contribution in [-0.2, 0) is 11.2 Å². The van der Waals surface area contributed by atoms with Crippen LogP contribution in [0.5, 0.6) is 23.0 Å². The maximum Gasteiger partial charge on any atom is 0.283 e. The number of hydrogen-bond donors (Lipinski definition) is 1. The monoisotopic (exact) mass is 598 g/mol. The van der Waals surface area contributed by atoms with Crippen molar-refractivity contribution in [1.82, 2.24) is 5.01 Å². The number of rotatable bonds is 12. The molecule has 2 aliphatic rings. The van der Waals surface area contributed by atoms with E-state index in [1.54, 1.807) is 18.2 Å². The summed E-state index contributed by atoms with van der Waals surface area (Å²) in [4.78, 5) is 17.2. The third kappa shape index (κ3) is 6.91. The van der Waals surface area contributed by atoms with Crippen LogP contribution in [0.3, 0.4) is 0 Å². The second-order valence-electron chi connectivity index (χ2n) is 10.0. The summed E-state index contributed by atoms with van der Waals surface area (Å²) in [5.41, 5.74) is 3.07. The molecule has 0 radical (unpaired) electrons. The number of hydrazone groups is 1. The second-order valence-corrected chi connectivity index (χ2v) is 11.0. The first-order valence-corrected chi connectivity index (χ1v) is 14.9. The van der Waals surface area contributed by atoms with Crippen molar-refractivity contribution in [2.75, 3.05) is 27.4 Å². The molecular weight excluding hydrogens is 564 g/mol. The van der Waals surface area contributed by atoms with E-state index in [4.69, 9.17) is 24.4 Å². The highest BCUT2D eigenvalue weighted by Crippen LogP contribution is 2.40. The highest BCUT2D eigenvalue weighted by atomic mass is 32.2. The van der Waals surface area contributed by atoms with Gasteiger partial charge >= 0.3 is 0 Å². The Morgan fingerprint density at radius 2 is 1.65 bits per heavy atom. The first-order chi connectivity index (χ1) is 20.9. The SMILES string of the molecule is CC[C@H](C)c1ccc(OCCOc2c(OC)cc(/C=C3\C(=N)N4N=C(Cc5ccccc5)SC4=NC3=O)cc2OC)cc1. The Bertz CT molecular complexity index is 1560. The van der Waals surface area contributed by atoms with Gasteiger partial charge in [-0.25, -0.2) is 0 Å². The molecule has 43 heavy (non-hydrogen) atoms. The Morgan fingerprint density at radius 1 is 0.977 bits per heavy atom. The number of ether oxygens (including phenoxy) is 4. The van der Waals surface area contributed by atoms with Gasteiger partial charge in [-0.2, -0.15) is 15.1 Å². The minimum Gasteiger partial charge on any atom is -0.493 e. The van der Waals surface area contributed by atoms with Crippen LogP contribution in [0, 0.1) is 5.41 Å². The van der Waals surface area contributed by atoms with E-state index in [0.717, 1.165) is 22.8 Å². The number of amidine groups is 2. The van der Waals surface area contributed by atoms with Gasteiger partial charge in [0.1, 0.15) is 24.0 Å². The zero-order valence-electron chi connectivity index (χ0n) is 24.6. The molecule has 0 saturated heterocycles. The normalized spacial score (nSPS) is 16.0. The van der Waals surface area contributed by atoms with Gasteiger partial charge in [0.2, 0.25) is 10.9 Å². The van der Waals surface area contributed by atoms with Crippen molar-refractivity contribution in [3.63, 3.8) is 0 Å². The summed E-state index contributed by atoms with van der Waals surface area (Å²) in [6.07, 6.45) is 3.26. The number of hydrogen-bond acceptors (Lipinski definition) is 8. The summed E-state index contributed by atoms with van der Waals surface area (Å²) in [7, 11) is 3.06. The average Bonchev–Trinajstić information content (AvgIpc) is 3.43. The van der Waals surface area contributed by atoms with Gasteiger partial charge in [0.15, 0.2) is 17.3 Å². The van der Waals surface area contributed by atoms with E-state index in [2.05, 4.69) is 36.1 Å². The van der Waals surface area contributed by atoms with Crippen molar-refractivity contribution >= 4 is 39.8 Å². The van der Waals surface area contributed by atoms with Crippen LogP contribution < -0.4 is 18.9 Å². The van der Waals surface area contributed by atoms with Crippen molar-refractivity contribution in [3.8, 4) is 23.0 Å². The van der Waals surface area contributed by atoms with Gasteiger partial charge in [-0.1, -0.05) is 56.3 Å². The smallest absolute Gasteiger partial charge is 0.283 e. The number of nitrogens with zero attached hydrogens (tertiary/aromatic N) is 3. The molecule has 0 unspecified atom stereocenters. The number of benzene rings is 3. The largest absolute Gasteiger partial charge is 0.493 e. The molecule has 0 spiro atoms. The van der Waals surface area contributed by atoms with Crippen LogP contribution >= 0.6 is 11.8 Å². The lowest BCUT2D eigenvalue weighted by molar-refractivity contribution is -0.114. The topological polar surface area (TPSA) is 106 Å². The lowest BCUT2D eigenvalue weighted by Gasteiger charge is -2.20. The third-order valence-corrected chi connectivity index (χ3v) is 8.06. The summed E-state index contributed by atoms with van der Waals surface area (Å²) in [6, 6.07) is 21.5. The summed E-state index contributed by atoms with van der Waals surface area (Å²) < 4.78 is 23.1. The highest BCUT2D eigenvalue weighted by Gasteiger charge is 2.35. The molecule has 0 saturated carbocycles. The van der Waals surface area contributed by atoms with Gasteiger partial charge in [0, 0.05) is 6.42 Å². The van der Waals surface area contributed by atoms with Gasteiger partial charge in [0.05, 0.1) is 19.8 Å². The number of amides is 1. The third-order valence-electron chi connectivity index (χ3n) is 7.15. The molecule has 222 valence electrons. The van der Waals surface area contributed by atoms with Crippen LogP contribution in [0.1, 0.15) is 42.9 Å². The molecule has 2 heterocycles. The molecule has 0 aliphatic carbocycles. The summed E-state index contributed by atoms with van der Waals surface area (Å²) in [6.45, 7) is 4.97. The fourth-order valence-corrected chi connectivity index (χ4v) is 5.52. The van der Waals surface area contributed by atoms with E-state index in [0.29, 0.717) is 46.9 Å². The van der Waals surface area contributed by atoms with E-state index in [9.17, 15) is 4.79 Å². The van der Waals surface area contributed by atoms with Crippen molar-refractivity contribution in [3.05, 3.63) is 89.0 Å². The molecule has 3 aromatic rings.